The van der Waals surface area contributed by atoms with Gasteiger partial charge in [0, 0.05) is 0 Å². The molecule has 0 rings (SSSR count). The van der Waals surface area contributed by atoms with Gasteiger partial charge in [-0.15, -0.1) is 0 Å². The molecule has 0 amide bonds. The van der Waals surface area contributed by atoms with E-state index in [0.29, 0.717) is 5.41 Å². The van der Waals surface area contributed by atoms with Crippen molar-refractivity contribution in [2.75, 3.05) is 6.61 Å². The van der Waals surface area contributed by atoms with Crippen molar-refractivity contribution in [3.05, 3.63) is 12.3 Å². The van der Waals surface area contributed by atoms with Crippen molar-refractivity contribution in [1.29, 1.82) is 0 Å². The highest BCUT2D eigenvalue weighted by Crippen LogP contribution is 2.29. The third-order valence-electron chi connectivity index (χ3n) is 2.53. The van der Waals surface area contributed by atoms with Gasteiger partial charge in [-0.1, -0.05) is 41.0 Å². The average Bonchev–Trinajstić information content (AvgIpc) is 2.01. The second kappa shape index (κ2) is 6.19. The number of allylic oxidation sites excluding steroid dienone is 1. The van der Waals surface area contributed by atoms with Crippen molar-refractivity contribution >= 4 is 0 Å². The second-order valence-corrected chi connectivity index (χ2v) is 6.16. The largest absolute Gasteiger partial charge is 0.502 e. The maximum atomic E-state index is 5.24. The van der Waals surface area contributed by atoms with E-state index < -0.39 is 0 Å². The van der Waals surface area contributed by atoms with Crippen LogP contribution in [0.5, 0.6) is 0 Å². The van der Waals surface area contributed by atoms with Crippen LogP contribution in [0.4, 0.5) is 0 Å². The Balaban J connectivity index is 3.83. The summed E-state index contributed by atoms with van der Waals surface area (Å²) in [5.41, 5.74) is 0.722. The molecule has 0 radical (unpaired) electrons. The van der Waals surface area contributed by atoms with E-state index in [2.05, 4.69) is 40.7 Å². The van der Waals surface area contributed by atoms with Crippen LogP contribution in [0.2, 0.25) is 0 Å². The zero-order valence-corrected chi connectivity index (χ0v) is 11.4. The summed E-state index contributed by atoms with van der Waals surface area (Å²) in [6, 6.07) is 0. The van der Waals surface area contributed by atoms with Gasteiger partial charge in [-0.3, -0.25) is 0 Å². The predicted molar refractivity (Wildman–Crippen MR) is 67.9 cm³/mol. The Morgan fingerprint density at radius 3 is 2.07 bits per heavy atom. The molecule has 1 heteroatoms. The molecular weight excluding hydrogens is 184 g/mol. The smallest absolute Gasteiger partial charge is 0.0845 e. The van der Waals surface area contributed by atoms with Crippen LogP contribution in [-0.2, 0) is 4.74 Å². The summed E-state index contributed by atoms with van der Waals surface area (Å²) >= 11 is 0. The van der Waals surface area contributed by atoms with E-state index in [1.807, 2.05) is 13.2 Å². The summed E-state index contributed by atoms with van der Waals surface area (Å²) in [6.45, 7) is 14.2. The van der Waals surface area contributed by atoms with Crippen LogP contribution in [0, 0.1) is 10.8 Å². The van der Waals surface area contributed by atoms with Gasteiger partial charge in [0.05, 0.1) is 12.9 Å². The van der Waals surface area contributed by atoms with Gasteiger partial charge < -0.3 is 4.74 Å². The number of hydrogen-bond donors (Lipinski definition) is 0. The highest BCUT2D eigenvalue weighted by atomic mass is 16.5. The van der Waals surface area contributed by atoms with Crippen LogP contribution in [0.1, 0.15) is 60.8 Å². The Morgan fingerprint density at radius 1 is 1.00 bits per heavy atom. The van der Waals surface area contributed by atoms with Crippen molar-refractivity contribution in [2.45, 2.75) is 60.8 Å². The van der Waals surface area contributed by atoms with E-state index in [4.69, 9.17) is 4.74 Å². The average molecular weight is 212 g/mol. The molecule has 0 aliphatic heterocycles. The first-order valence-corrected chi connectivity index (χ1v) is 6.06. The summed E-state index contributed by atoms with van der Waals surface area (Å²) in [6.07, 6.45) is 7.83. The molecule has 0 atom stereocenters. The van der Waals surface area contributed by atoms with Crippen LogP contribution in [0.25, 0.3) is 0 Å². The van der Waals surface area contributed by atoms with Crippen LogP contribution < -0.4 is 0 Å². The fraction of sp³-hybridized carbons (Fsp3) is 0.857. The highest BCUT2D eigenvalue weighted by Gasteiger charge is 2.16. The van der Waals surface area contributed by atoms with E-state index in [1.165, 1.54) is 19.3 Å². The van der Waals surface area contributed by atoms with Crippen molar-refractivity contribution in [1.82, 2.24) is 0 Å². The maximum Gasteiger partial charge on any atom is 0.0845 e. The molecule has 1 nitrogen and oxygen atoms in total. The lowest BCUT2D eigenvalue weighted by Crippen LogP contribution is -2.11. The molecule has 0 fully saturated rings. The van der Waals surface area contributed by atoms with Gasteiger partial charge in [-0.2, -0.15) is 0 Å². The molecule has 0 N–H and O–H groups in total. The Kier molecular flexibility index (Phi) is 6.00. The Labute approximate surface area is 95.9 Å². The summed E-state index contributed by atoms with van der Waals surface area (Å²) in [4.78, 5) is 0. The molecule has 0 spiro atoms. The van der Waals surface area contributed by atoms with Crippen molar-refractivity contribution < 1.29 is 4.74 Å². The third-order valence-corrected chi connectivity index (χ3v) is 2.53. The lowest BCUT2D eigenvalue weighted by atomic mass is 9.82. The van der Waals surface area contributed by atoms with Gasteiger partial charge in [-0.25, -0.2) is 0 Å². The summed E-state index contributed by atoms with van der Waals surface area (Å²) < 4.78 is 5.24. The first kappa shape index (κ1) is 14.5. The Bertz CT molecular complexity index is 184. The van der Waals surface area contributed by atoms with Crippen molar-refractivity contribution in [3.63, 3.8) is 0 Å². The molecule has 0 saturated heterocycles. The highest BCUT2D eigenvalue weighted by molar-refractivity contribution is 4.90. The molecule has 0 unspecified atom stereocenters. The lowest BCUT2D eigenvalue weighted by molar-refractivity contribution is 0.258. The van der Waals surface area contributed by atoms with Crippen molar-refractivity contribution in [2.24, 2.45) is 10.8 Å². The topological polar surface area (TPSA) is 9.23 Å². The van der Waals surface area contributed by atoms with E-state index in [-0.39, 0.29) is 5.41 Å². The number of ether oxygens (including phenoxy) is 1. The van der Waals surface area contributed by atoms with Gasteiger partial charge in [0.25, 0.3) is 0 Å². The third kappa shape index (κ3) is 9.84. The number of hydrogen-bond acceptors (Lipinski definition) is 1. The minimum atomic E-state index is 0.264. The molecule has 0 saturated carbocycles. The van der Waals surface area contributed by atoms with Crippen LogP contribution >= 0.6 is 0 Å². The zero-order valence-electron chi connectivity index (χ0n) is 11.4. The summed E-state index contributed by atoms with van der Waals surface area (Å²) in [7, 11) is 0. The van der Waals surface area contributed by atoms with Gasteiger partial charge in [0.2, 0.25) is 0 Å². The molecule has 0 heterocycles. The molecule has 0 aromatic rings. The zero-order chi connectivity index (χ0) is 11.9. The van der Waals surface area contributed by atoms with E-state index in [9.17, 15) is 0 Å². The van der Waals surface area contributed by atoms with E-state index >= 15 is 0 Å². The van der Waals surface area contributed by atoms with E-state index in [1.54, 1.807) is 0 Å². The minimum Gasteiger partial charge on any atom is -0.502 e. The number of rotatable bonds is 6. The predicted octanol–water partition coefficient (Wildman–Crippen LogP) is 4.78. The monoisotopic (exact) mass is 212 g/mol. The quantitative estimate of drug-likeness (QED) is 0.576. The molecule has 0 aliphatic carbocycles. The molecule has 15 heavy (non-hydrogen) atoms. The molecule has 0 aromatic heterocycles. The van der Waals surface area contributed by atoms with Gasteiger partial charge in [0.1, 0.15) is 0 Å². The van der Waals surface area contributed by atoms with Crippen molar-refractivity contribution in [3.8, 4) is 0 Å². The summed E-state index contributed by atoms with van der Waals surface area (Å²) in [5.74, 6) is 0. The van der Waals surface area contributed by atoms with Gasteiger partial charge in [0.15, 0.2) is 0 Å². The van der Waals surface area contributed by atoms with Crippen LogP contribution in [-0.4, -0.2) is 6.61 Å². The minimum absolute atomic E-state index is 0.264. The molecular formula is C14H28O. The Hall–Kier alpha value is -0.460. The van der Waals surface area contributed by atoms with E-state index in [0.717, 1.165) is 6.61 Å². The molecule has 0 bridgehead atoms. The maximum absolute atomic E-state index is 5.24. The fourth-order valence-electron chi connectivity index (χ4n) is 1.49. The second-order valence-electron chi connectivity index (χ2n) is 6.16. The molecule has 0 aromatic carbocycles. The first-order chi connectivity index (χ1) is 6.77. The van der Waals surface area contributed by atoms with Crippen LogP contribution in [0.3, 0.4) is 0 Å². The van der Waals surface area contributed by atoms with Crippen LogP contribution in [0.15, 0.2) is 12.3 Å². The molecule has 90 valence electrons. The Morgan fingerprint density at radius 2 is 1.60 bits per heavy atom. The SMILES string of the molecule is CCO/C=C/C(C)(C)CCCC(C)(C)C. The lowest BCUT2D eigenvalue weighted by Gasteiger charge is -2.23. The van der Waals surface area contributed by atoms with Gasteiger partial charge >= 0.3 is 0 Å². The normalized spacial score (nSPS) is 13.5. The molecule has 0 aliphatic rings. The first-order valence-electron chi connectivity index (χ1n) is 6.06. The summed E-state index contributed by atoms with van der Waals surface area (Å²) in [5, 5.41) is 0. The van der Waals surface area contributed by atoms with Gasteiger partial charge in [-0.05, 0) is 36.7 Å². The fourth-order valence-corrected chi connectivity index (χ4v) is 1.49. The standard InChI is InChI=1S/C14H28O/c1-7-15-12-11-14(5,6)10-8-9-13(2,3)4/h11-12H,7-10H2,1-6H3/b12-11+.